The number of thioether (sulfide) groups is 1. The number of hydrogen-bond donors (Lipinski definition) is 0. The van der Waals surface area contributed by atoms with Crippen molar-refractivity contribution >= 4 is 33.8 Å². The number of carbonyl (C=O) groups is 1. The summed E-state index contributed by atoms with van der Waals surface area (Å²) in [6.07, 6.45) is 11.1. The smallest absolute Gasteiger partial charge is 0.193 e. The maximum absolute atomic E-state index is 12.0. The lowest BCUT2D eigenvalue weighted by Gasteiger charge is -2.20. The van der Waals surface area contributed by atoms with Crippen molar-refractivity contribution in [3.8, 4) is 0 Å². The van der Waals surface area contributed by atoms with Gasteiger partial charge in [-0.1, -0.05) is 19.3 Å². The lowest BCUT2D eigenvalue weighted by Crippen LogP contribution is -2.13. The highest BCUT2D eigenvalue weighted by Gasteiger charge is 2.16. The molecule has 3 nitrogen and oxygen atoms in total. The quantitative estimate of drug-likeness (QED) is 0.845. The molecule has 0 N–H and O–H groups in total. The van der Waals surface area contributed by atoms with E-state index in [1.165, 1.54) is 32.1 Å². The molecule has 0 unspecified atom stereocenters. The molecule has 19 heavy (non-hydrogen) atoms. The fraction of sp³-hybridized carbons (Fsp3) is 0.571. The van der Waals surface area contributed by atoms with E-state index < -0.39 is 0 Å². The maximum atomic E-state index is 12.0. The van der Waals surface area contributed by atoms with Gasteiger partial charge in [-0.05, 0) is 12.8 Å². The first-order valence-electron chi connectivity index (χ1n) is 6.85. The van der Waals surface area contributed by atoms with Crippen LogP contribution in [0.5, 0.6) is 0 Å². The Hall–Kier alpha value is -0.810. The lowest BCUT2D eigenvalue weighted by atomic mass is 10.0. The molecule has 0 saturated heterocycles. The standard InChI is InChI=1S/C14H18N2OS2/c17-12(10-19-13-4-2-1-3-5-13)8-11-9-16-6-7-18-14(16)15-11/h6-7,9,13H,1-5,8,10H2. The van der Waals surface area contributed by atoms with E-state index in [1.807, 2.05) is 33.9 Å². The number of carbonyl (C=O) groups excluding carboxylic acids is 1. The van der Waals surface area contributed by atoms with Gasteiger partial charge in [-0.3, -0.25) is 9.20 Å². The SMILES string of the molecule is O=C(CSC1CCCCC1)Cc1cn2ccsc2n1. The normalized spacial score (nSPS) is 17.1. The molecule has 0 spiro atoms. The summed E-state index contributed by atoms with van der Waals surface area (Å²) < 4.78 is 1.99. The molecule has 0 radical (unpaired) electrons. The second kappa shape index (κ2) is 6.09. The minimum atomic E-state index is 0.307. The summed E-state index contributed by atoms with van der Waals surface area (Å²) in [5.41, 5.74) is 0.904. The molecule has 0 aliphatic heterocycles. The van der Waals surface area contributed by atoms with Crippen molar-refractivity contribution in [2.45, 2.75) is 43.8 Å². The molecule has 0 atom stereocenters. The average molecular weight is 294 g/mol. The highest BCUT2D eigenvalue weighted by molar-refractivity contribution is 8.00. The molecular weight excluding hydrogens is 276 g/mol. The maximum Gasteiger partial charge on any atom is 0.193 e. The van der Waals surface area contributed by atoms with Gasteiger partial charge in [0.2, 0.25) is 0 Å². The van der Waals surface area contributed by atoms with Gasteiger partial charge in [0.05, 0.1) is 17.9 Å². The van der Waals surface area contributed by atoms with Crippen LogP contribution >= 0.6 is 23.1 Å². The van der Waals surface area contributed by atoms with Crippen LogP contribution in [0.3, 0.4) is 0 Å². The average Bonchev–Trinajstić information content (AvgIpc) is 2.98. The summed E-state index contributed by atoms with van der Waals surface area (Å²) in [5.74, 6) is 0.955. The predicted molar refractivity (Wildman–Crippen MR) is 81.1 cm³/mol. The number of thiazole rings is 1. The highest BCUT2D eigenvalue weighted by atomic mass is 32.2. The lowest BCUT2D eigenvalue weighted by molar-refractivity contribution is -0.116. The van der Waals surface area contributed by atoms with Gasteiger partial charge in [-0.2, -0.15) is 11.8 Å². The molecule has 102 valence electrons. The zero-order valence-electron chi connectivity index (χ0n) is 10.9. The number of fused-ring (bicyclic) bond motifs is 1. The fourth-order valence-corrected chi connectivity index (χ4v) is 4.47. The van der Waals surface area contributed by atoms with E-state index in [0.717, 1.165) is 10.7 Å². The Bertz CT molecular complexity index is 526. The summed E-state index contributed by atoms with van der Waals surface area (Å²) in [7, 11) is 0. The molecule has 1 saturated carbocycles. The monoisotopic (exact) mass is 294 g/mol. The van der Waals surface area contributed by atoms with Gasteiger partial charge in [0.25, 0.3) is 0 Å². The van der Waals surface area contributed by atoms with Gasteiger partial charge >= 0.3 is 0 Å². The van der Waals surface area contributed by atoms with Crippen LogP contribution in [0.1, 0.15) is 37.8 Å². The van der Waals surface area contributed by atoms with Crippen LogP contribution in [0, 0.1) is 0 Å². The van der Waals surface area contributed by atoms with Crippen molar-refractivity contribution in [1.29, 1.82) is 0 Å². The van der Waals surface area contributed by atoms with Crippen LogP contribution in [0.15, 0.2) is 17.8 Å². The van der Waals surface area contributed by atoms with Gasteiger partial charge in [0.15, 0.2) is 4.96 Å². The van der Waals surface area contributed by atoms with E-state index >= 15 is 0 Å². The van der Waals surface area contributed by atoms with Crippen LogP contribution in [-0.4, -0.2) is 26.2 Å². The van der Waals surface area contributed by atoms with Gasteiger partial charge in [-0.25, -0.2) is 4.98 Å². The van der Waals surface area contributed by atoms with Gasteiger partial charge in [0.1, 0.15) is 5.78 Å². The first-order valence-corrected chi connectivity index (χ1v) is 8.78. The van der Waals surface area contributed by atoms with Crippen molar-refractivity contribution < 1.29 is 4.79 Å². The summed E-state index contributed by atoms with van der Waals surface area (Å²) in [6, 6.07) is 0. The van der Waals surface area contributed by atoms with Crippen LogP contribution in [0.25, 0.3) is 4.96 Å². The molecule has 1 fully saturated rings. The molecule has 0 aromatic carbocycles. The number of rotatable bonds is 5. The highest BCUT2D eigenvalue weighted by Crippen LogP contribution is 2.28. The molecule has 3 rings (SSSR count). The number of Topliss-reactive ketones (excluding diaryl/α,β-unsaturated/α-hetero) is 1. The minimum Gasteiger partial charge on any atom is -0.298 e. The van der Waals surface area contributed by atoms with Gasteiger partial charge < -0.3 is 0 Å². The third-order valence-electron chi connectivity index (χ3n) is 3.55. The van der Waals surface area contributed by atoms with Crippen LogP contribution in [0.4, 0.5) is 0 Å². The summed E-state index contributed by atoms with van der Waals surface area (Å²) in [4.78, 5) is 17.4. The Kier molecular flexibility index (Phi) is 4.23. The second-order valence-corrected chi connectivity index (χ2v) is 7.27. The summed E-state index contributed by atoms with van der Waals surface area (Å²) >= 11 is 3.46. The Labute approximate surface area is 121 Å². The Morgan fingerprint density at radius 2 is 2.26 bits per heavy atom. The molecule has 0 amide bonds. The molecule has 2 heterocycles. The molecule has 0 bridgehead atoms. The van der Waals surface area contributed by atoms with Crippen molar-refractivity contribution in [2.24, 2.45) is 0 Å². The van der Waals surface area contributed by atoms with Crippen molar-refractivity contribution in [3.63, 3.8) is 0 Å². The number of aromatic nitrogens is 2. The molecular formula is C14H18N2OS2. The van der Waals surface area contributed by atoms with Crippen LogP contribution in [0.2, 0.25) is 0 Å². The molecule has 1 aliphatic carbocycles. The van der Waals surface area contributed by atoms with Crippen molar-refractivity contribution in [3.05, 3.63) is 23.5 Å². The van der Waals surface area contributed by atoms with Crippen LogP contribution < -0.4 is 0 Å². The Morgan fingerprint density at radius 3 is 3.05 bits per heavy atom. The van der Waals surface area contributed by atoms with Gasteiger partial charge in [-0.15, -0.1) is 11.3 Å². The van der Waals surface area contributed by atoms with Crippen LogP contribution in [-0.2, 0) is 11.2 Å². The first-order chi connectivity index (χ1) is 9.31. The summed E-state index contributed by atoms with van der Waals surface area (Å²) in [5, 5.41) is 2.72. The van der Waals surface area contributed by atoms with Crippen molar-refractivity contribution in [1.82, 2.24) is 9.38 Å². The number of nitrogens with zero attached hydrogens (tertiary/aromatic N) is 2. The second-order valence-electron chi connectivity index (χ2n) is 5.11. The Balaban J connectivity index is 1.49. The first kappa shape index (κ1) is 13.2. The van der Waals surface area contributed by atoms with E-state index in [0.29, 0.717) is 23.2 Å². The summed E-state index contributed by atoms with van der Waals surface area (Å²) in [6.45, 7) is 0. The zero-order chi connectivity index (χ0) is 13.1. The van der Waals surface area contributed by atoms with E-state index in [2.05, 4.69) is 4.98 Å². The fourth-order valence-electron chi connectivity index (χ4n) is 2.56. The van der Waals surface area contributed by atoms with E-state index in [1.54, 1.807) is 11.3 Å². The largest absolute Gasteiger partial charge is 0.298 e. The molecule has 5 heteroatoms. The Morgan fingerprint density at radius 1 is 1.42 bits per heavy atom. The van der Waals surface area contributed by atoms with E-state index in [-0.39, 0.29) is 0 Å². The van der Waals surface area contributed by atoms with Crippen molar-refractivity contribution in [2.75, 3.05) is 5.75 Å². The molecule has 1 aliphatic rings. The number of ketones is 1. The zero-order valence-corrected chi connectivity index (χ0v) is 12.5. The topological polar surface area (TPSA) is 34.4 Å². The van der Waals surface area contributed by atoms with Gasteiger partial charge in [0, 0.05) is 23.0 Å². The minimum absolute atomic E-state index is 0.307. The van der Waals surface area contributed by atoms with E-state index in [9.17, 15) is 4.79 Å². The predicted octanol–water partition coefficient (Wildman–Crippen LogP) is 3.57. The molecule has 2 aromatic rings. The number of hydrogen-bond acceptors (Lipinski definition) is 4. The third kappa shape index (κ3) is 3.39. The van der Waals surface area contributed by atoms with E-state index in [4.69, 9.17) is 0 Å². The third-order valence-corrected chi connectivity index (χ3v) is 5.76. The number of imidazole rings is 1. The molecule has 2 aromatic heterocycles.